The Bertz CT molecular complexity index is 1050. The van der Waals surface area contributed by atoms with Crippen LogP contribution in [0.25, 0.3) is 0 Å². The minimum atomic E-state index is -3.29. The first kappa shape index (κ1) is 21.9. The van der Waals surface area contributed by atoms with Gasteiger partial charge in [-0.1, -0.05) is 0 Å². The number of amides is 1. The Kier molecular flexibility index (Phi) is 5.71. The van der Waals surface area contributed by atoms with Gasteiger partial charge >= 0.3 is 5.92 Å². The van der Waals surface area contributed by atoms with Crippen LogP contribution in [0.4, 0.5) is 23.2 Å². The van der Waals surface area contributed by atoms with E-state index in [2.05, 4.69) is 25.0 Å². The third-order valence-corrected chi connectivity index (χ3v) is 5.56. The number of alkyl halides is 3. The fourth-order valence-corrected chi connectivity index (χ4v) is 3.97. The maximum Gasteiger partial charge on any atom is 0.304 e. The first-order chi connectivity index (χ1) is 15.2. The second-order valence-electron chi connectivity index (χ2n) is 7.51. The predicted molar refractivity (Wildman–Crippen MR) is 105 cm³/mol. The largest absolute Gasteiger partial charge is 0.445 e. The molecule has 0 aliphatic carbocycles. The zero-order valence-corrected chi connectivity index (χ0v) is 16.7. The number of hydrogen-bond donors (Lipinski definition) is 2. The molecule has 0 spiro atoms. The molecule has 2 aliphatic heterocycles. The molecule has 1 amide bonds. The number of anilines is 1. The molecule has 8 nitrogen and oxygen atoms in total. The molecule has 2 atom stereocenters. The van der Waals surface area contributed by atoms with Crippen LogP contribution in [0.2, 0.25) is 0 Å². The van der Waals surface area contributed by atoms with Crippen LogP contribution in [0.3, 0.4) is 0 Å². The summed E-state index contributed by atoms with van der Waals surface area (Å²) in [5, 5.41) is 2.54. The molecule has 3 heterocycles. The van der Waals surface area contributed by atoms with Crippen molar-refractivity contribution < 1.29 is 31.8 Å². The first-order valence-corrected chi connectivity index (χ1v) is 9.69. The van der Waals surface area contributed by atoms with Crippen molar-refractivity contribution >= 4 is 17.4 Å². The van der Waals surface area contributed by atoms with Crippen LogP contribution in [0.1, 0.15) is 28.9 Å². The summed E-state index contributed by atoms with van der Waals surface area (Å²) in [6.45, 7) is -0.967. The second kappa shape index (κ2) is 8.34. The molecular weight excluding hydrogens is 434 g/mol. The Morgan fingerprint density at radius 1 is 1.31 bits per heavy atom. The molecule has 32 heavy (non-hydrogen) atoms. The van der Waals surface area contributed by atoms with Gasteiger partial charge in [-0.05, 0) is 30.5 Å². The number of nitrogens with two attached hydrogens (primary N) is 1. The average Bonchev–Trinajstić information content (AvgIpc) is 2.76. The number of fused-ring (bicyclic) bond motifs is 1. The van der Waals surface area contributed by atoms with E-state index in [0.29, 0.717) is 0 Å². The summed E-state index contributed by atoms with van der Waals surface area (Å²) in [4.78, 5) is 24.1. The monoisotopic (exact) mass is 453 g/mol. The minimum absolute atomic E-state index is 0.00349. The summed E-state index contributed by atoms with van der Waals surface area (Å²) >= 11 is 0. The van der Waals surface area contributed by atoms with Gasteiger partial charge in [0, 0.05) is 24.3 Å². The number of carbonyl (C=O) groups is 1. The number of carbonyl (C=O) groups excluding carboxylic acids is 1. The highest BCUT2D eigenvalue weighted by Gasteiger charge is 2.54. The smallest absolute Gasteiger partial charge is 0.304 e. The van der Waals surface area contributed by atoms with Crippen molar-refractivity contribution in [2.24, 2.45) is 16.6 Å². The Labute approximate surface area is 179 Å². The standard InChI is InChI=1S/C20H19F4N5O3/c21-10-32-16-8-26-15(7-27-16)17(30)28-12-1-2-14(22)13(5-12)19-9-31-4-3-11(19)6-20(23,24)18(25)29-19/h1-2,5,7-8,11H,3-4,6,9-10H2,(H2,25,29)(H,28,30)/t11-,19-/m0/s1. The van der Waals surface area contributed by atoms with Crippen molar-refractivity contribution in [2.45, 2.75) is 24.3 Å². The van der Waals surface area contributed by atoms with Gasteiger partial charge in [-0.25, -0.2) is 18.7 Å². The van der Waals surface area contributed by atoms with Crippen molar-refractivity contribution in [1.82, 2.24) is 9.97 Å². The number of benzene rings is 1. The second-order valence-corrected chi connectivity index (χ2v) is 7.51. The third kappa shape index (κ3) is 3.97. The molecule has 1 fully saturated rings. The lowest BCUT2D eigenvalue weighted by atomic mass is 9.71. The molecule has 2 aliphatic rings. The summed E-state index contributed by atoms with van der Waals surface area (Å²) < 4.78 is 65.4. The fraction of sp³-hybridized carbons (Fsp3) is 0.400. The van der Waals surface area contributed by atoms with E-state index >= 15 is 0 Å². The third-order valence-electron chi connectivity index (χ3n) is 5.56. The average molecular weight is 453 g/mol. The van der Waals surface area contributed by atoms with Crippen LogP contribution < -0.4 is 15.8 Å². The Hall–Kier alpha value is -3.28. The molecule has 1 saturated heterocycles. The number of nitrogens with zero attached hydrogens (tertiary/aromatic N) is 3. The number of halogens is 4. The number of nitrogens with one attached hydrogen (secondary N) is 1. The Balaban J connectivity index is 1.65. The maximum atomic E-state index is 14.9. The molecule has 12 heteroatoms. The lowest BCUT2D eigenvalue weighted by Crippen LogP contribution is -2.54. The van der Waals surface area contributed by atoms with Crippen LogP contribution in [0, 0.1) is 11.7 Å². The van der Waals surface area contributed by atoms with Gasteiger partial charge in [-0.2, -0.15) is 8.78 Å². The van der Waals surface area contributed by atoms with Gasteiger partial charge in [-0.15, -0.1) is 0 Å². The number of hydrogen-bond acceptors (Lipinski definition) is 7. The molecule has 0 bridgehead atoms. The quantitative estimate of drug-likeness (QED) is 0.674. The van der Waals surface area contributed by atoms with E-state index in [9.17, 15) is 22.4 Å². The number of amidine groups is 1. The van der Waals surface area contributed by atoms with Crippen LogP contribution in [-0.2, 0) is 10.3 Å². The van der Waals surface area contributed by atoms with Crippen LogP contribution in [0.5, 0.6) is 5.88 Å². The van der Waals surface area contributed by atoms with Crippen molar-refractivity contribution in [2.75, 3.05) is 25.4 Å². The van der Waals surface area contributed by atoms with E-state index in [1.165, 1.54) is 12.1 Å². The highest BCUT2D eigenvalue weighted by molar-refractivity contribution is 6.02. The lowest BCUT2D eigenvalue weighted by molar-refractivity contribution is -0.0554. The van der Waals surface area contributed by atoms with E-state index in [0.717, 1.165) is 18.5 Å². The Morgan fingerprint density at radius 2 is 2.12 bits per heavy atom. The maximum absolute atomic E-state index is 14.9. The number of ether oxygens (including phenoxy) is 2. The topological polar surface area (TPSA) is 112 Å². The van der Waals surface area contributed by atoms with Crippen LogP contribution in [-0.4, -0.2) is 47.7 Å². The lowest BCUT2D eigenvalue weighted by Gasteiger charge is -2.46. The van der Waals surface area contributed by atoms with Gasteiger partial charge in [0.2, 0.25) is 12.7 Å². The van der Waals surface area contributed by atoms with Crippen LogP contribution >= 0.6 is 0 Å². The SMILES string of the molecule is NC1=N[C@@]2(c3cc(NC(=O)c4cnc(OCF)cn4)ccc3F)COCC[C@H]2CC1(F)F. The van der Waals surface area contributed by atoms with E-state index in [1.54, 1.807) is 0 Å². The van der Waals surface area contributed by atoms with Crippen molar-refractivity contribution in [3.05, 3.63) is 47.7 Å². The predicted octanol–water partition coefficient (Wildman–Crippen LogP) is 2.80. The van der Waals surface area contributed by atoms with Crippen LogP contribution in [0.15, 0.2) is 35.6 Å². The number of aliphatic imine (C=N–C) groups is 1. The zero-order chi connectivity index (χ0) is 22.9. The van der Waals surface area contributed by atoms with E-state index in [4.69, 9.17) is 10.5 Å². The van der Waals surface area contributed by atoms with Gasteiger partial charge in [0.05, 0.1) is 19.0 Å². The van der Waals surface area contributed by atoms with Crippen molar-refractivity contribution in [1.29, 1.82) is 0 Å². The molecule has 2 aromatic rings. The Morgan fingerprint density at radius 3 is 2.84 bits per heavy atom. The normalized spacial score (nSPS) is 24.2. The van der Waals surface area contributed by atoms with E-state index in [1.807, 2.05) is 0 Å². The molecule has 3 N–H and O–H groups in total. The highest BCUT2D eigenvalue weighted by atomic mass is 19.3. The van der Waals surface area contributed by atoms with Crippen molar-refractivity contribution in [3.63, 3.8) is 0 Å². The number of rotatable bonds is 5. The number of aromatic nitrogens is 2. The summed E-state index contributed by atoms with van der Waals surface area (Å²) in [6.07, 6.45) is 1.84. The summed E-state index contributed by atoms with van der Waals surface area (Å²) in [6, 6.07) is 3.74. The molecule has 0 saturated carbocycles. The van der Waals surface area contributed by atoms with Gasteiger partial charge in [0.15, 0.2) is 5.84 Å². The fourth-order valence-electron chi connectivity index (χ4n) is 3.97. The summed E-state index contributed by atoms with van der Waals surface area (Å²) in [7, 11) is 0. The molecule has 4 rings (SSSR count). The zero-order valence-electron chi connectivity index (χ0n) is 16.7. The molecule has 1 aromatic heterocycles. The molecule has 1 aromatic carbocycles. The van der Waals surface area contributed by atoms with Gasteiger partial charge in [0.1, 0.15) is 17.1 Å². The molecule has 0 unspecified atom stereocenters. The van der Waals surface area contributed by atoms with Gasteiger partial charge < -0.3 is 20.5 Å². The van der Waals surface area contributed by atoms with E-state index < -0.39 is 48.2 Å². The molecule has 170 valence electrons. The van der Waals surface area contributed by atoms with Gasteiger partial charge in [0.25, 0.3) is 5.91 Å². The molecule has 0 radical (unpaired) electrons. The van der Waals surface area contributed by atoms with Crippen molar-refractivity contribution in [3.8, 4) is 5.88 Å². The highest BCUT2D eigenvalue weighted by Crippen LogP contribution is 2.49. The van der Waals surface area contributed by atoms with Gasteiger partial charge in [-0.3, -0.25) is 9.79 Å². The summed E-state index contributed by atoms with van der Waals surface area (Å²) in [5.74, 6) is -6.32. The minimum Gasteiger partial charge on any atom is -0.445 e. The molecular formula is C20H19F4N5O3. The summed E-state index contributed by atoms with van der Waals surface area (Å²) in [5.41, 5.74) is 4.17. The van der Waals surface area contributed by atoms with E-state index in [-0.39, 0.29) is 42.5 Å². The first-order valence-electron chi connectivity index (χ1n) is 9.69.